The third-order valence-corrected chi connectivity index (χ3v) is 5.39. The molecule has 0 saturated heterocycles. The van der Waals surface area contributed by atoms with Crippen LogP contribution in [0.15, 0.2) is 36.4 Å². The molecule has 0 radical (unpaired) electrons. The van der Waals surface area contributed by atoms with Gasteiger partial charge in [-0.15, -0.1) is 11.3 Å². The molecule has 0 spiro atoms. The van der Waals surface area contributed by atoms with Crippen LogP contribution in [0.2, 0.25) is 0 Å². The van der Waals surface area contributed by atoms with Crippen LogP contribution < -0.4 is 5.32 Å². The van der Waals surface area contributed by atoms with Gasteiger partial charge in [0.05, 0.1) is 4.88 Å². The summed E-state index contributed by atoms with van der Waals surface area (Å²) < 4.78 is 0. The molecule has 1 aromatic carbocycles. The fraction of sp³-hybridized carbons (Fsp3) is 0.389. The topological polar surface area (TPSA) is 29.1 Å². The maximum atomic E-state index is 12.3. The first-order valence-electron chi connectivity index (χ1n) is 7.69. The first kappa shape index (κ1) is 14.3. The number of nitrogens with one attached hydrogen (secondary N) is 1. The molecule has 1 atom stereocenters. The SMILES string of the molecule is CC(CNC(=O)c1cc2c(s1)CCCC2)c1ccccc1. The Morgan fingerprint density at radius 1 is 1.24 bits per heavy atom. The van der Waals surface area contributed by atoms with Crippen molar-refractivity contribution in [1.29, 1.82) is 0 Å². The normalized spacial score (nSPS) is 15.3. The van der Waals surface area contributed by atoms with Gasteiger partial charge in [0.15, 0.2) is 0 Å². The summed E-state index contributed by atoms with van der Waals surface area (Å²) in [4.78, 5) is 14.6. The number of fused-ring (bicyclic) bond motifs is 1. The number of benzene rings is 1. The third kappa shape index (κ3) is 3.35. The Kier molecular flexibility index (Phi) is 4.39. The summed E-state index contributed by atoms with van der Waals surface area (Å²) in [5.74, 6) is 0.418. The van der Waals surface area contributed by atoms with E-state index in [2.05, 4.69) is 30.4 Å². The van der Waals surface area contributed by atoms with Gasteiger partial charge in [0, 0.05) is 11.4 Å². The van der Waals surface area contributed by atoms with Gasteiger partial charge in [-0.1, -0.05) is 37.3 Å². The molecule has 2 aromatic rings. The van der Waals surface area contributed by atoms with E-state index >= 15 is 0 Å². The summed E-state index contributed by atoms with van der Waals surface area (Å²) in [7, 11) is 0. The van der Waals surface area contributed by atoms with E-state index in [-0.39, 0.29) is 5.91 Å². The van der Waals surface area contributed by atoms with Gasteiger partial charge in [-0.25, -0.2) is 0 Å². The molecule has 0 aliphatic heterocycles. The molecule has 1 unspecified atom stereocenters. The highest BCUT2D eigenvalue weighted by molar-refractivity contribution is 7.14. The van der Waals surface area contributed by atoms with Crippen molar-refractivity contribution in [3.05, 3.63) is 57.3 Å². The predicted octanol–water partition coefficient (Wildman–Crippen LogP) is 4.16. The molecule has 0 bridgehead atoms. The van der Waals surface area contributed by atoms with E-state index in [1.54, 1.807) is 11.3 Å². The first-order chi connectivity index (χ1) is 10.2. The van der Waals surface area contributed by atoms with Crippen molar-refractivity contribution in [3.8, 4) is 0 Å². The Morgan fingerprint density at radius 3 is 2.76 bits per heavy atom. The quantitative estimate of drug-likeness (QED) is 0.902. The Balaban J connectivity index is 1.60. The lowest BCUT2D eigenvalue weighted by atomic mass is 9.99. The van der Waals surface area contributed by atoms with E-state index in [4.69, 9.17) is 0 Å². The first-order valence-corrected chi connectivity index (χ1v) is 8.50. The van der Waals surface area contributed by atoms with E-state index in [0.717, 1.165) is 17.7 Å². The van der Waals surface area contributed by atoms with E-state index < -0.39 is 0 Å². The third-order valence-electron chi connectivity index (χ3n) is 4.16. The molecule has 3 heteroatoms. The van der Waals surface area contributed by atoms with Crippen LogP contribution in [0.1, 0.15) is 51.4 Å². The fourth-order valence-electron chi connectivity index (χ4n) is 2.83. The van der Waals surface area contributed by atoms with Crippen molar-refractivity contribution in [3.63, 3.8) is 0 Å². The number of carbonyl (C=O) groups is 1. The van der Waals surface area contributed by atoms with Crippen molar-refractivity contribution < 1.29 is 4.79 Å². The maximum absolute atomic E-state index is 12.3. The molecule has 0 saturated carbocycles. The van der Waals surface area contributed by atoms with Crippen molar-refractivity contribution in [2.45, 2.75) is 38.5 Å². The number of rotatable bonds is 4. The maximum Gasteiger partial charge on any atom is 0.261 e. The van der Waals surface area contributed by atoms with Crippen LogP contribution in [-0.2, 0) is 12.8 Å². The zero-order valence-corrected chi connectivity index (χ0v) is 13.2. The average molecular weight is 299 g/mol. The molecule has 1 aliphatic carbocycles. The molecule has 1 amide bonds. The van der Waals surface area contributed by atoms with Gasteiger partial charge >= 0.3 is 0 Å². The fourth-order valence-corrected chi connectivity index (χ4v) is 4.00. The standard InChI is InChI=1S/C18H21NOS/c1-13(14-7-3-2-4-8-14)12-19-18(20)17-11-15-9-5-6-10-16(15)21-17/h2-4,7-8,11,13H,5-6,9-10,12H2,1H3,(H,19,20). The molecule has 1 heterocycles. The van der Waals surface area contributed by atoms with Crippen LogP contribution in [0.3, 0.4) is 0 Å². The van der Waals surface area contributed by atoms with Gasteiger partial charge in [-0.2, -0.15) is 0 Å². The number of thiophene rings is 1. The molecule has 1 aliphatic rings. The zero-order valence-electron chi connectivity index (χ0n) is 12.4. The number of amides is 1. The van der Waals surface area contributed by atoms with E-state index in [9.17, 15) is 4.79 Å². The predicted molar refractivity (Wildman–Crippen MR) is 88.2 cm³/mol. The van der Waals surface area contributed by atoms with Crippen LogP contribution in [0, 0.1) is 0 Å². The summed E-state index contributed by atoms with van der Waals surface area (Å²) in [5, 5.41) is 3.08. The zero-order chi connectivity index (χ0) is 14.7. The van der Waals surface area contributed by atoms with Gasteiger partial charge in [0.2, 0.25) is 0 Å². The number of aryl methyl sites for hydroxylation is 2. The Labute approximate surface area is 130 Å². The minimum Gasteiger partial charge on any atom is -0.351 e. The lowest BCUT2D eigenvalue weighted by Crippen LogP contribution is -2.26. The highest BCUT2D eigenvalue weighted by Crippen LogP contribution is 2.29. The highest BCUT2D eigenvalue weighted by Gasteiger charge is 2.17. The molecule has 110 valence electrons. The molecule has 1 N–H and O–H groups in total. The Hall–Kier alpha value is -1.61. The molecular weight excluding hydrogens is 278 g/mol. The summed E-state index contributed by atoms with van der Waals surface area (Å²) in [5.41, 5.74) is 2.66. The van der Waals surface area contributed by atoms with Crippen LogP contribution >= 0.6 is 11.3 Å². The van der Waals surface area contributed by atoms with Gasteiger partial charge in [-0.05, 0) is 48.8 Å². The largest absolute Gasteiger partial charge is 0.351 e. The smallest absolute Gasteiger partial charge is 0.261 e. The molecule has 1 aromatic heterocycles. The Morgan fingerprint density at radius 2 is 2.00 bits per heavy atom. The van der Waals surface area contributed by atoms with Crippen molar-refractivity contribution >= 4 is 17.2 Å². The summed E-state index contributed by atoms with van der Waals surface area (Å²) >= 11 is 1.68. The van der Waals surface area contributed by atoms with Crippen LogP contribution in [0.5, 0.6) is 0 Å². The van der Waals surface area contributed by atoms with Crippen molar-refractivity contribution in [1.82, 2.24) is 5.32 Å². The second-order valence-corrected chi connectivity index (χ2v) is 6.92. The number of hydrogen-bond donors (Lipinski definition) is 1. The van der Waals surface area contributed by atoms with E-state index in [1.807, 2.05) is 18.2 Å². The molecule has 2 nitrogen and oxygen atoms in total. The average Bonchev–Trinajstić information content (AvgIpc) is 2.97. The Bertz CT molecular complexity index is 594. The number of carbonyl (C=O) groups excluding carboxylic acids is 1. The van der Waals surface area contributed by atoms with Crippen LogP contribution in [-0.4, -0.2) is 12.5 Å². The number of hydrogen-bond acceptors (Lipinski definition) is 2. The molecule has 0 fully saturated rings. The summed E-state index contributed by atoms with van der Waals surface area (Å²) in [6.45, 7) is 2.83. The van der Waals surface area contributed by atoms with E-state index in [1.165, 1.54) is 28.8 Å². The van der Waals surface area contributed by atoms with Crippen molar-refractivity contribution in [2.75, 3.05) is 6.54 Å². The van der Waals surface area contributed by atoms with Gasteiger partial charge < -0.3 is 5.32 Å². The van der Waals surface area contributed by atoms with Gasteiger partial charge in [0.1, 0.15) is 0 Å². The summed E-state index contributed by atoms with van der Waals surface area (Å²) in [6.07, 6.45) is 4.81. The lowest BCUT2D eigenvalue weighted by molar-refractivity contribution is 0.0955. The molecule has 3 rings (SSSR count). The lowest BCUT2D eigenvalue weighted by Gasteiger charge is -2.12. The van der Waals surface area contributed by atoms with E-state index in [0.29, 0.717) is 12.5 Å². The minimum absolute atomic E-state index is 0.0807. The second-order valence-electron chi connectivity index (χ2n) is 5.79. The molecular formula is C18H21NOS. The molecule has 21 heavy (non-hydrogen) atoms. The second kappa shape index (κ2) is 6.44. The van der Waals surface area contributed by atoms with Gasteiger partial charge in [0.25, 0.3) is 5.91 Å². The highest BCUT2D eigenvalue weighted by atomic mass is 32.1. The van der Waals surface area contributed by atoms with Crippen LogP contribution in [0.25, 0.3) is 0 Å². The minimum atomic E-state index is 0.0807. The monoisotopic (exact) mass is 299 g/mol. The van der Waals surface area contributed by atoms with Crippen LogP contribution in [0.4, 0.5) is 0 Å². The van der Waals surface area contributed by atoms with Crippen molar-refractivity contribution in [2.24, 2.45) is 0 Å². The van der Waals surface area contributed by atoms with Gasteiger partial charge in [-0.3, -0.25) is 4.79 Å². The summed E-state index contributed by atoms with van der Waals surface area (Å²) in [6, 6.07) is 12.4.